The molecule has 0 spiro atoms. The summed E-state index contributed by atoms with van der Waals surface area (Å²) < 4.78 is 4.79. The van der Waals surface area contributed by atoms with E-state index in [2.05, 4.69) is 5.32 Å². The maximum atomic E-state index is 11.7. The number of aliphatic hydroxyl groups is 1. The average molecular weight is 264 g/mol. The fourth-order valence-corrected chi connectivity index (χ4v) is 2.01. The van der Waals surface area contributed by atoms with Gasteiger partial charge in [0.1, 0.15) is 0 Å². The summed E-state index contributed by atoms with van der Waals surface area (Å²) in [6.45, 7) is 2.92. The summed E-state index contributed by atoms with van der Waals surface area (Å²) >= 11 is 0. The fraction of sp³-hybridized carbons (Fsp3) is 0.385. The molecule has 2 N–H and O–H groups in total. The number of anilines is 1. The minimum atomic E-state index is -1.38. The van der Waals surface area contributed by atoms with Crippen LogP contribution in [0.1, 0.15) is 18.6 Å². The van der Waals surface area contributed by atoms with Gasteiger partial charge in [0.2, 0.25) is 0 Å². The molecule has 1 aliphatic heterocycles. The monoisotopic (exact) mass is 264 g/mol. The van der Waals surface area contributed by atoms with Gasteiger partial charge < -0.3 is 15.2 Å². The van der Waals surface area contributed by atoms with E-state index in [0.717, 1.165) is 0 Å². The first-order valence-corrected chi connectivity index (χ1v) is 6.14. The van der Waals surface area contributed by atoms with Crippen LogP contribution in [0.5, 0.6) is 0 Å². The SMILES string of the molecule is CCOC(=O)C(O)c1ccccc1N1CCNC1=O. The molecule has 6 nitrogen and oxygen atoms in total. The Morgan fingerprint density at radius 3 is 2.89 bits per heavy atom. The number of para-hydroxylation sites is 1. The maximum absolute atomic E-state index is 11.7. The van der Waals surface area contributed by atoms with E-state index in [4.69, 9.17) is 4.74 Å². The Kier molecular flexibility index (Phi) is 4.01. The number of nitrogens with one attached hydrogen (secondary N) is 1. The molecule has 102 valence electrons. The van der Waals surface area contributed by atoms with Crippen LogP contribution in [0.3, 0.4) is 0 Å². The van der Waals surface area contributed by atoms with Crippen molar-refractivity contribution in [3.63, 3.8) is 0 Å². The van der Waals surface area contributed by atoms with Crippen LogP contribution in [0.2, 0.25) is 0 Å². The molecule has 0 radical (unpaired) electrons. The van der Waals surface area contributed by atoms with Gasteiger partial charge in [-0.15, -0.1) is 0 Å². The van der Waals surface area contributed by atoms with E-state index in [1.807, 2.05) is 0 Å². The molecule has 1 aromatic carbocycles. The van der Waals surface area contributed by atoms with E-state index in [1.165, 1.54) is 4.90 Å². The van der Waals surface area contributed by atoms with Crippen LogP contribution in [0.25, 0.3) is 0 Å². The molecule has 1 aromatic rings. The highest BCUT2D eigenvalue weighted by atomic mass is 16.5. The number of benzene rings is 1. The Bertz CT molecular complexity index is 489. The van der Waals surface area contributed by atoms with Crippen LogP contribution in [0.4, 0.5) is 10.5 Å². The van der Waals surface area contributed by atoms with Gasteiger partial charge in [0.05, 0.1) is 12.3 Å². The summed E-state index contributed by atoms with van der Waals surface area (Å²) in [7, 11) is 0. The average Bonchev–Trinajstić information content (AvgIpc) is 2.84. The molecule has 1 heterocycles. The molecule has 2 amide bonds. The Morgan fingerprint density at radius 1 is 1.53 bits per heavy atom. The van der Waals surface area contributed by atoms with Gasteiger partial charge in [-0.1, -0.05) is 18.2 Å². The molecule has 1 atom stereocenters. The number of nitrogens with zero attached hydrogens (tertiary/aromatic N) is 1. The first-order chi connectivity index (χ1) is 9.15. The summed E-state index contributed by atoms with van der Waals surface area (Å²) in [5, 5.41) is 12.7. The van der Waals surface area contributed by atoms with Gasteiger partial charge in [-0.05, 0) is 13.0 Å². The van der Waals surface area contributed by atoms with Crippen molar-refractivity contribution in [3.8, 4) is 0 Å². The highest BCUT2D eigenvalue weighted by Crippen LogP contribution is 2.28. The highest BCUT2D eigenvalue weighted by Gasteiger charge is 2.28. The van der Waals surface area contributed by atoms with Gasteiger partial charge in [-0.25, -0.2) is 9.59 Å². The van der Waals surface area contributed by atoms with Crippen LogP contribution in [-0.4, -0.2) is 36.8 Å². The number of carbonyl (C=O) groups excluding carboxylic acids is 2. The number of esters is 1. The molecule has 1 unspecified atom stereocenters. The number of hydrogen-bond donors (Lipinski definition) is 2. The van der Waals surface area contributed by atoms with Crippen LogP contribution in [0, 0.1) is 0 Å². The van der Waals surface area contributed by atoms with Crippen LogP contribution >= 0.6 is 0 Å². The first-order valence-electron chi connectivity index (χ1n) is 6.14. The van der Waals surface area contributed by atoms with Gasteiger partial charge in [0.15, 0.2) is 6.10 Å². The molecule has 2 rings (SSSR count). The van der Waals surface area contributed by atoms with Crippen molar-refractivity contribution in [1.82, 2.24) is 5.32 Å². The van der Waals surface area contributed by atoms with Crippen molar-refractivity contribution < 1.29 is 19.4 Å². The lowest BCUT2D eigenvalue weighted by molar-refractivity contribution is -0.153. The van der Waals surface area contributed by atoms with Crippen molar-refractivity contribution in [2.24, 2.45) is 0 Å². The molecule has 0 bridgehead atoms. The Balaban J connectivity index is 2.30. The van der Waals surface area contributed by atoms with E-state index < -0.39 is 12.1 Å². The Morgan fingerprint density at radius 2 is 2.26 bits per heavy atom. The largest absolute Gasteiger partial charge is 0.464 e. The third kappa shape index (κ3) is 2.68. The minimum Gasteiger partial charge on any atom is -0.464 e. The lowest BCUT2D eigenvalue weighted by atomic mass is 10.1. The van der Waals surface area contributed by atoms with Crippen LogP contribution < -0.4 is 10.2 Å². The second-order valence-corrected chi connectivity index (χ2v) is 4.10. The Hall–Kier alpha value is -2.08. The second kappa shape index (κ2) is 5.71. The first kappa shape index (κ1) is 13.4. The minimum absolute atomic E-state index is 0.197. The third-order valence-electron chi connectivity index (χ3n) is 2.89. The summed E-state index contributed by atoms with van der Waals surface area (Å²) in [6.07, 6.45) is -1.38. The summed E-state index contributed by atoms with van der Waals surface area (Å²) in [4.78, 5) is 24.8. The zero-order valence-corrected chi connectivity index (χ0v) is 10.6. The molecule has 1 aliphatic rings. The van der Waals surface area contributed by atoms with Crippen molar-refractivity contribution in [2.75, 3.05) is 24.6 Å². The van der Waals surface area contributed by atoms with Gasteiger partial charge in [-0.3, -0.25) is 4.90 Å². The zero-order valence-electron chi connectivity index (χ0n) is 10.6. The molecular formula is C13H16N2O4. The molecule has 1 fully saturated rings. The summed E-state index contributed by atoms with van der Waals surface area (Å²) in [6, 6.07) is 6.53. The van der Waals surface area contributed by atoms with Crippen LogP contribution in [0.15, 0.2) is 24.3 Å². The number of hydrogen-bond acceptors (Lipinski definition) is 4. The van der Waals surface area contributed by atoms with Gasteiger partial charge in [0.25, 0.3) is 0 Å². The van der Waals surface area contributed by atoms with Crippen molar-refractivity contribution >= 4 is 17.7 Å². The van der Waals surface area contributed by atoms with Gasteiger partial charge in [0, 0.05) is 18.7 Å². The predicted molar refractivity (Wildman–Crippen MR) is 68.8 cm³/mol. The van der Waals surface area contributed by atoms with Crippen molar-refractivity contribution in [2.45, 2.75) is 13.0 Å². The van der Waals surface area contributed by atoms with E-state index in [0.29, 0.717) is 24.3 Å². The van der Waals surface area contributed by atoms with Gasteiger partial charge in [-0.2, -0.15) is 0 Å². The molecule has 0 saturated carbocycles. The lowest BCUT2D eigenvalue weighted by Crippen LogP contribution is -2.29. The zero-order chi connectivity index (χ0) is 13.8. The van der Waals surface area contributed by atoms with Crippen molar-refractivity contribution in [3.05, 3.63) is 29.8 Å². The molecular weight excluding hydrogens is 248 g/mol. The quantitative estimate of drug-likeness (QED) is 0.789. The number of ether oxygens (including phenoxy) is 1. The lowest BCUT2D eigenvalue weighted by Gasteiger charge is -2.20. The molecule has 0 aliphatic carbocycles. The highest BCUT2D eigenvalue weighted by molar-refractivity contribution is 5.95. The number of amides is 2. The standard InChI is InChI=1S/C13H16N2O4/c1-2-19-12(17)11(16)9-5-3-4-6-10(9)15-8-7-14-13(15)18/h3-6,11,16H,2,7-8H2,1H3,(H,14,18). The Labute approximate surface area is 111 Å². The maximum Gasteiger partial charge on any atom is 0.339 e. The number of carbonyl (C=O) groups is 2. The molecule has 6 heteroatoms. The topological polar surface area (TPSA) is 78.9 Å². The number of urea groups is 1. The van der Waals surface area contributed by atoms with E-state index in [1.54, 1.807) is 31.2 Å². The normalized spacial score (nSPS) is 16.1. The van der Waals surface area contributed by atoms with E-state index in [-0.39, 0.29) is 12.6 Å². The van der Waals surface area contributed by atoms with Gasteiger partial charge >= 0.3 is 12.0 Å². The number of rotatable bonds is 4. The second-order valence-electron chi connectivity index (χ2n) is 4.10. The summed E-state index contributed by atoms with van der Waals surface area (Å²) in [5.41, 5.74) is 0.899. The number of aliphatic hydroxyl groups excluding tert-OH is 1. The summed E-state index contributed by atoms with van der Waals surface area (Å²) in [5.74, 6) is -0.713. The van der Waals surface area contributed by atoms with E-state index >= 15 is 0 Å². The predicted octanol–water partition coefficient (Wildman–Crippen LogP) is 0.813. The smallest absolute Gasteiger partial charge is 0.339 e. The third-order valence-corrected chi connectivity index (χ3v) is 2.89. The van der Waals surface area contributed by atoms with Crippen molar-refractivity contribution in [1.29, 1.82) is 0 Å². The van der Waals surface area contributed by atoms with Crippen LogP contribution in [-0.2, 0) is 9.53 Å². The molecule has 0 aromatic heterocycles. The fourth-order valence-electron chi connectivity index (χ4n) is 2.01. The van der Waals surface area contributed by atoms with E-state index in [9.17, 15) is 14.7 Å². The molecule has 19 heavy (non-hydrogen) atoms. The molecule has 1 saturated heterocycles.